The Bertz CT molecular complexity index is 1210. The summed E-state index contributed by atoms with van der Waals surface area (Å²) < 4.78 is 33.7. The summed E-state index contributed by atoms with van der Waals surface area (Å²) >= 11 is 3.40. The number of benzene rings is 3. The van der Waals surface area contributed by atoms with Crippen LogP contribution in [0.15, 0.2) is 93.3 Å². The van der Waals surface area contributed by atoms with Crippen molar-refractivity contribution in [3.05, 3.63) is 88.9 Å². The van der Waals surface area contributed by atoms with E-state index in [9.17, 15) is 13.2 Å². The van der Waals surface area contributed by atoms with E-state index in [-0.39, 0.29) is 4.90 Å². The van der Waals surface area contributed by atoms with Gasteiger partial charge in [-0.3, -0.25) is 9.10 Å². The van der Waals surface area contributed by atoms with E-state index in [0.29, 0.717) is 17.1 Å². The molecule has 0 spiro atoms. The van der Waals surface area contributed by atoms with Gasteiger partial charge in [0, 0.05) is 4.47 Å². The molecule has 0 aliphatic carbocycles. The summed E-state index contributed by atoms with van der Waals surface area (Å²) in [6.45, 7) is 1.31. The van der Waals surface area contributed by atoms with Crippen LogP contribution in [0.1, 0.15) is 12.5 Å². The lowest BCUT2D eigenvalue weighted by atomic mass is 10.1. The normalized spacial score (nSPS) is 11.7. The molecule has 0 atom stereocenters. The van der Waals surface area contributed by atoms with Gasteiger partial charge in [0.05, 0.1) is 23.4 Å². The molecule has 0 saturated heterocycles. The second kappa shape index (κ2) is 10.4. The van der Waals surface area contributed by atoms with Crippen molar-refractivity contribution in [1.82, 2.24) is 5.43 Å². The molecule has 0 unspecified atom stereocenters. The highest BCUT2D eigenvalue weighted by molar-refractivity contribution is 9.10. The topological polar surface area (TPSA) is 88.1 Å². The Morgan fingerprint density at radius 3 is 2.34 bits per heavy atom. The SMILES string of the molecule is COc1ccc(N(CC(=O)N/N=C(/C)c2cccc(Br)c2)S(=O)(=O)c2ccccc2)cc1. The van der Waals surface area contributed by atoms with Gasteiger partial charge in [0.1, 0.15) is 12.3 Å². The number of ether oxygens (including phenoxy) is 1. The first-order chi connectivity index (χ1) is 15.3. The van der Waals surface area contributed by atoms with E-state index in [1.165, 1.54) is 19.2 Å². The van der Waals surface area contributed by atoms with Gasteiger partial charge >= 0.3 is 0 Å². The number of sulfonamides is 1. The third kappa shape index (κ3) is 5.74. The summed E-state index contributed by atoms with van der Waals surface area (Å²) in [7, 11) is -2.47. The fraction of sp³-hybridized carbons (Fsp3) is 0.130. The number of hydrazone groups is 1. The van der Waals surface area contributed by atoms with Crippen LogP contribution in [0.25, 0.3) is 0 Å². The second-order valence-corrected chi connectivity index (χ2v) is 9.54. The first-order valence-corrected chi connectivity index (χ1v) is 11.9. The Labute approximate surface area is 195 Å². The lowest BCUT2D eigenvalue weighted by molar-refractivity contribution is -0.119. The minimum atomic E-state index is -3.99. The summed E-state index contributed by atoms with van der Waals surface area (Å²) in [6, 6.07) is 21.9. The van der Waals surface area contributed by atoms with Gasteiger partial charge in [-0.25, -0.2) is 13.8 Å². The van der Waals surface area contributed by atoms with Crippen LogP contribution in [-0.4, -0.2) is 33.7 Å². The van der Waals surface area contributed by atoms with Gasteiger partial charge in [-0.2, -0.15) is 5.10 Å². The van der Waals surface area contributed by atoms with Crippen molar-refractivity contribution in [2.45, 2.75) is 11.8 Å². The predicted octanol–water partition coefficient (Wildman–Crippen LogP) is 4.19. The molecule has 0 bridgehead atoms. The number of amides is 1. The number of halogens is 1. The van der Waals surface area contributed by atoms with Crippen LogP contribution < -0.4 is 14.5 Å². The van der Waals surface area contributed by atoms with Gasteiger partial charge in [-0.05, 0) is 61.0 Å². The van der Waals surface area contributed by atoms with E-state index in [1.807, 2.05) is 24.3 Å². The van der Waals surface area contributed by atoms with Crippen molar-refractivity contribution in [3.8, 4) is 5.75 Å². The zero-order valence-corrected chi connectivity index (χ0v) is 19.9. The quantitative estimate of drug-likeness (QED) is 0.359. The van der Waals surface area contributed by atoms with Gasteiger partial charge in [0.25, 0.3) is 15.9 Å². The van der Waals surface area contributed by atoms with Gasteiger partial charge in [-0.15, -0.1) is 0 Å². The molecule has 166 valence electrons. The summed E-state index contributed by atoms with van der Waals surface area (Å²) in [5, 5.41) is 4.12. The summed E-state index contributed by atoms with van der Waals surface area (Å²) in [4.78, 5) is 12.8. The van der Waals surface area contributed by atoms with Gasteiger partial charge in [0.15, 0.2) is 0 Å². The molecule has 0 saturated carbocycles. The summed E-state index contributed by atoms with van der Waals surface area (Å²) in [5.74, 6) is -0.000761. The highest BCUT2D eigenvalue weighted by Gasteiger charge is 2.27. The van der Waals surface area contributed by atoms with Crippen molar-refractivity contribution in [2.24, 2.45) is 5.10 Å². The lowest BCUT2D eigenvalue weighted by Gasteiger charge is -2.24. The van der Waals surface area contributed by atoms with Gasteiger partial charge in [-0.1, -0.05) is 46.3 Å². The highest BCUT2D eigenvalue weighted by Crippen LogP contribution is 2.25. The van der Waals surface area contributed by atoms with E-state index in [4.69, 9.17) is 4.74 Å². The van der Waals surface area contributed by atoms with E-state index >= 15 is 0 Å². The summed E-state index contributed by atoms with van der Waals surface area (Å²) in [6.07, 6.45) is 0. The number of carbonyl (C=O) groups excluding carboxylic acids is 1. The maximum Gasteiger partial charge on any atom is 0.264 e. The van der Waals surface area contributed by atoms with Crippen LogP contribution in [0.3, 0.4) is 0 Å². The molecule has 0 fully saturated rings. The van der Waals surface area contributed by atoms with Crippen LogP contribution in [0.5, 0.6) is 5.75 Å². The van der Waals surface area contributed by atoms with E-state index in [1.54, 1.807) is 49.4 Å². The number of hydrogen-bond acceptors (Lipinski definition) is 5. The molecule has 0 aliphatic rings. The van der Waals surface area contributed by atoms with Crippen molar-refractivity contribution in [3.63, 3.8) is 0 Å². The minimum Gasteiger partial charge on any atom is -0.497 e. The maximum atomic E-state index is 13.3. The number of hydrogen-bond donors (Lipinski definition) is 1. The smallest absolute Gasteiger partial charge is 0.264 e. The molecule has 3 aromatic rings. The molecule has 1 amide bonds. The zero-order chi connectivity index (χ0) is 23.1. The molecule has 9 heteroatoms. The average Bonchev–Trinajstić information content (AvgIpc) is 2.81. The van der Waals surface area contributed by atoms with Crippen molar-refractivity contribution in [1.29, 1.82) is 0 Å². The van der Waals surface area contributed by atoms with Crippen LogP contribution in [-0.2, 0) is 14.8 Å². The Kier molecular flexibility index (Phi) is 7.66. The molecular weight excluding hydrogens is 494 g/mol. The summed E-state index contributed by atoms with van der Waals surface area (Å²) in [5.41, 5.74) is 4.19. The Hall–Kier alpha value is -3.17. The van der Waals surface area contributed by atoms with Gasteiger partial charge in [0.2, 0.25) is 0 Å². The monoisotopic (exact) mass is 515 g/mol. The predicted molar refractivity (Wildman–Crippen MR) is 128 cm³/mol. The molecule has 0 aromatic heterocycles. The minimum absolute atomic E-state index is 0.0810. The Morgan fingerprint density at radius 1 is 1.03 bits per heavy atom. The molecule has 7 nitrogen and oxygen atoms in total. The number of rotatable bonds is 8. The van der Waals surface area contributed by atoms with Gasteiger partial charge < -0.3 is 4.74 Å². The highest BCUT2D eigenvalue weighted by atomic mass is 79.9. The van der Waals surface area contributed by atoms with Crippen LogP contribution in [0.2, 0.25) is 0 Å². The first-order valence-electron chi connectivity index (χ1n) is 9.62. The van der Waals surface area contributed by atoms with Crippen molar-refractivity contribution < 1.29 is 17.9 Å². The number of methoxy groups -OCH3 is 1. The number of anilines is 1. The van der Waals surface area contributed by atoms with Crippen LogP contribution >= 0.6 is 15.9 Å². The molecule has 1 N–H and O–H groups in total. The zero-order valence-electron chi connectivity index (χ0n) is 17.5. The third-order valence-corrected chi connectivity index (χ3v) is 6.85. The second-order valence-electron chi connectivity index (χ2n) is 6.77. The molecule has 0 heterocycles. The lowest BCUT2D eigenvalue weighted by Crippen LogP contribution is -2.39. The van der Waals surface area contributed by atoms with Crippen LogP contribution in [0, 0.1) is 0 Å². The largest absolute Gasteiger partial charge is 0.497 e. The number of nitrogens with zero attached hydrogens (tertiary/aromatic N) is 2. The fourth-order valence-electron chi connectivity index (χ4n) is 2.87. The molecule has 3 aromatic carbocycles. The first kappa shape index (κ1) is 23.5. The standard InChI is InChI=1S/C23H22BrN3O4S/c1-17(18-7-6-8-19(24)15-18)25-26-23(28)16-27(20-11-13-21(31-2)14-12-20)32(29,30)22-9-4-3-5-10-22/h3-15H,16H2,1-2H3,(H,26,28)/b25-17-. The maximum absolute atomic E-state index is 13.3. The molecule has 3 rings (SSSR count). The Morgan fingerprint density at radius 2 is 1.72 bits per heavy atom. The third-order valence-electron chi connectivity index (χ3n) is 4.57. The number of carbonyl (C=O) groups is 1. The van der Waals surface area contributed by atoms with Crippen molar-refractivity contribution >= 4 is 43.3 Å². The average molecular weight is 516 g/mol. The molecule has 32 heavy (non-hydrogen) atoms. The number of nitrogens with one attached hydrogen (secondary N) is 1. The molecular formula is C23H22BrN3O4S. The fourth-order valence-corrected chi connectivity index (χ4v) is 4.71. The van der Waals surface area contributed by atoms with Crippen molar-refractivity contribution in [2.75, 3.05) is 18.0 Å². The van der Waals surface area contributed by atoms with E-state index in [2.05, 4.69) is 26.5 Å². The van der Waals surface area contributed by atoms with Crippen LogP contribution in [0.4, 0.5) is 5.69 Å². The Balaban J connectivity index is 1.86. The molecule has 0 radical (unpaired) electrons. The van der Waals surface area contributed by atoms with E-state index in [0.717, 1.165) is 14.3 Å². The van der Waals surface area contributed by atoms with E-state index < -0.39 is 22.5 Å². The molecule has 0 aliphatic heterocycles.